The Labute approximate surface area is 122 Å². The number of rotatable bonds is 2. The zero-order valence-corrected chi connectivity index (χ0v) is 12.4. The minimum atomic E-state index is -0.962. The number of aromatic amines is 1. The molecular weight excluding hydrogens is 274 g/mol. The van der Waals surface area contributed by atoms with Gasteiger partial charge in [-0.3, -0.25) is 14.4 Å². The van der Waals surface area contributed by atoms with Crippen LogP contribution in [0.5, 0.6) is 0 Å². The number of aromatic nitrogens is 2. The Morgan fingerprint density at radius 1 is 1.38 bits per heavy atom. The molecule has 1 amide bonds. The molecule has 1 saturated heterocycles. The third-order valence-electron chi connectivity index (χ3n) is 4.18. The number of hydrogen-bond acceptors (Lipinski definition) is 4. The first kappa shape index (κ1) is 15.2. The van der Waals surface area contributed by atoms with Crippen LogP contribution in [0.15, 0.2) is 4.79 Å². The molecule has 2 N–H and O–H groups in total. The maximum Gasteiger partial charge on any atom is 0.311 e. The summed E-state index contributed by atoms with van der Waals surface area (Å²) >= 11 is 0. The van der Waals surface area contributed by atoms with E-state index in [2.05, 4.69) is 10.2 Å². The Kier molecular flexibility index (Phi) is 3.85. The molecule has 0 radical (unpaired) electrons. The lowest BCUT2D eigenvalue weighted by molar-refractivity contribution is -0.150. The molecule has 114 valence electrons. The minimum absolute atomic E-state index is 0.0529. The molecule has 7 heteroatoms. The molecule has 7 nitrogen and oxygen atoms in total. The van der Waals surface area contributed by atoms with E-state index in [-0.39, 0.29) is 12.1 Å². The van der Waals surface area contributed by atoms with E-state index < -0.39 is 22.9 Å². The van der Waals surface area contributed by atoms with Crippen LogP contribution in [0.2, 0.25) is 0 Å². The number of aryl methyl sites for hydroxylation is 1. The first-order valence-electron chi connectivity index (χ1n) is 6.85. The number of H-pyrrole nitrogens is 1. The molecule has 1 aromatic rings. The summed E-state index contributed by atoms with van der Waals surface area (Å²) in [5.41, 5.74) is -0.332. The number of likely N-dealkylation sites (tertiary alicyclic amines) is 1. The molecule has 1 aliphatic rings. The van der Waals surface area contributed by atoms with Crippen LogP contribution in [0.25, 0.3) is 0 Å². The van der Waals surface area contributed by atoms with Gasteiger partial charge in [0.05, 0.1) is 11.1 Å². The predicted octanol–water partition coefficient (Wildman–Crippen LogP) is 0.714. The van der Waals surface area contributed by atoms with Crippen LogP contribution in [-0.4, -0.2) is 45.2 Å². The Morgan fingerprint density at radius 3 is 2.67 bits per heavy atom. The molecule has 1 aromatic heterocycles. The molecule has 1 fully saturated rings. The van der Waals surface area contributed by atoms with Crippen molar-refractivity contribution in [2.24, 2.45) is 5.41 Å². The second kappa shape index (κ2) is 5.31. The van der Waals surface area contributed by atoms with Gasteiger partial charge in [-0.15, -0.1) is 0 Å². The zero-order valence-electron chi connectivity index (χ0n) is 12.4. The van der Waals surface area contributed by atoms with E-state index in [9.17, 15) is 19.5 Å². The smallest absolute Gasteiger partial charge is 0.311 e. The summed E-state index contributed by atoms with van der Waals surface area (Å²) in [4.78, 5) is 37.3. The van der Waals surface area contributed by atoms with Crippen molar-refractivity contribution in [3.63, 3.8) is 0 Å². The van der Waals surface area contributed by atoms with Crippen LogP contribution in [0.4, 0.5) is 0 Å². The Bertz CT molecular complexity index is 652. The Balaban J connectivity index is 2.35. The summed E-state index contributed by atoms with van der Waals surface area (Å²) in [5.74, 6) is -1.34. The highest BCUT2D eigenvalue weighted by atomic mass is 16.4. The maximum atomic E-state index is 12.6. The number of carbonyl (C=O) groups excluding carboxylic acids is 1. The number of amides is 1. The largest absolute Gasteiger partial charge is 0.481 e. The van der Waals surface area contributed by atoms with Crippen LogP contribution < -0.4 is 5.56 Å². The van der Waals surface area contributed by atoms with Crippen molar-refractivity contribution < 1.29 is 14.7 Å². The number of aliphatic carboxylic acids is 1. The van der Waals surface area contributed by atoms with Crippen LogP contribution in [0.1, 0.15) is 41.4 Å². The maximum absolute atomic E-state index is 12.6. The summed E-state index contributed by atoms with van der Waals surface area (Å²) in [6, 6.07) is 0. The van der Waals surface area contributed by atoms with E-state index in [4.69, 9.17) is 0 Å². The fraction of sp³-hybridized carbons (Fsp3) is 0.571. The lowest BCUT2D eigenvalue weighted by Crippen LogP contribution is -2.49. The van der Waals surface area contributed by atoms with Gasteiger partial charge < -0.3 is 10.0 Å². The van der Waals surface area contributed by atoms with Gasteiger partial charge in [0.25, 0.3) is 11.5 Å². The topological polar surface area (TPSA) is 103 Å². The van der Waals surface area contributed by atoms with Gasteiger partial charge in [0, 0.05) is 13.1 Å². The van der Waals surface area contributed by atoms with E-state index in [1.807, 2.05) is 0 Å². The van der Waals surface area contributed by atoms with Crippen LogP contribution in [0, 0.1) is 19.3 Å². The fourth-order valence-electron chi connectivity index (χ4n) is 2.63. The van der Waals surface area contributed by atoms with Crippen molar-refractivity contribution in [3.8, 4) is 0 Å². The molecule has 0 saturated carbocycles. The summed E-state index contributed by atoms with van der Waals surface area (Å²) in [7, 11) is 0. The van der Waals surface area contributed by atoms with Gasteiger partial charge in [0.2, 0.25) is 0 Å². The van der Waals surface area contributed by atoms with Gasteiger partial charge in [-0.2, -0.15) is 5.10 Å². The lowest BCUT2D eigenvalue weighted by atomic mass is 9.82. The van der Waals surface area contributed by atoms with Crippen molar-refractivity contribution in [3.05, 3.63) is 27.2 Å². The molecular formula is C14H19N3O4. The van der Waals surface area contributed by atoms with Gasteiger partial charge in [0.1, 0.15) is 5.56 Å². The van der Waals surface area contributed by atoms with Crippen LogP contribution >= 0.6 is 0 Å². The quantitative estimate of drug-likeness (QED) is 0.836. The molecule has 2 rings (SSSR count). The predicted molar refractivity (Wildman–Crippen MR) is 75.2 cm³/mol. The van der Waals surface area contributed by atoms with Gasteiger partial charge in [-0.05, 0) is 39.2 Å². The highest BCUT2D eigenvalue weighted by Crippen LogP contribution is 2.30. The molecule has 1 unspecified atom stereocenters. The van der Waals surface area contributed by atoms with Crippen molar-refractivity contribution >= 4 is 11.9 Å². The third-order valence-corrected chi connectivity index (χ3v) is 4.18. The first-order valence-corrected chi connectivity index (χ1v) is 6.85. The number of piperidine rings is 1. The average molecular weight is 293 g/mol. The third kappa shape index (κ3) is 2.68. The second-order valence-corrected chi connectivity index (χ2v) is 5.83. The van der Waals surface area contributed by atoms with Gasteiger partial charge >= 0.3 is 5.97 Å². The molecule has 0 aromatic carbocycles. The number of carboxylic acids is 1. The molecule has 1 atom stereocenters. The lowest BCUT2D eigenvalue weighted by Gasteiger charge is -2.37. The van der Waals surface area contributed by atoms with Gasteiger partial charge in [-0.1, -0.05) is 0 Å². The Morgan fingerprint density at radius 2 is 2.05 bits per heavy atom. The van der Waals surface area contributed by atoms with Crippen LogP contribution in [0.3, 0.4) is 0 Å². The van der Waals surface area contributed by atoms with Crippen molar-refractivity contribution in [1.29, 1.82) is 0 Å². The standard InChI is InChI=1S/C14H19N3O4/c1-8-9(2)15-16-11(18)10(8)12(19)17-6-4-5-14(3,7-17)13(20)21/h4-7H2,1-3H3,(H,16,18)(H,20,21). The molecule has 2 heterocycles. The molecule has 0 bridgehead atoms. The Hall–Kier alpha value is -2.18. The fourth-order valence-corrected chi connectivity index (χ4v) is 2.63. The number of hydrogen-bond donors (Lipinski definition) is 2. The average Bonchev–Trinajstić information content (AvgIpc) is 2.43. The molecule has 0 spiro atoms. The van der Waals surface area contributed by atoms with Crippen molar-refractivity contribution in [2.75, 3.05) is 13.1 Å². The molecule has 0 aliphatic carbocycles. The number of carbonyl (C=O) groups is 2. The first-order chi connectivity index (χ1) is 9.76. The monoisotopic (exact) mass is 293 g/mol. The normalized spacial score (nSPS) is 22.1. The second-order valence-electron chi connectivity index (χ2n) is 5.83. The number of carboxylic acid groups (broad SMARTS) is 1. The number of nitrogens with one attached hydrogen (secondary N) is 1. The highest BCUT2D eigenvalue weighted by molar-refractivity contribution is 5.95. The van der Waals surface area contributed by atoms with Crippen molar-refractivity contribution in [1.82, 2.24) is 15.1 Å². The van der Waals surface area contributed by atoms with Gasteiger partial charge in [-0.25, -0.2) is 5.10 Å². The number of nitrogens with zero attached hydrogens (tertiary/aromatic N) is 2. The van der Waals surface area contributed by atoms with E-state index in [1.165, 1.54) is 4.90 Å². The van der Waals surface area contributed by atoms with Gasteiger partial charge in [0.15, 0.2) is 0 Å². The summed E-state index contributed by atoms with van der Waals surface area (Å²) in [6.07, 6.45) is 1.13. The van der Waals surface area contributed by atoms with Crippen LogP contribution in [-0.2, 0) is 4.79 Å². The summed E-state index contributed by atoms with van der Waals surface area (Å²) in [5, 5.41) is 15.4. The molecule has 1 aliphatic heterocycles. The van der Waals surface area contributed by atoms with E-state index in [1.54, 1.807) is 20.8 Å². The van der Waals surface area contributed by atoms with E-state index >= 15 is 0 Å². The minimum Gasteiger partial charge on any atom is -0.481 e. The van der Waals surface area contributed by atoms with E-state index in [0.717, 1.165) is 0 Å². The summed E-state index contributed by atoms with van der Waals surface area (Å²) in [6.45, 7) is 5.58. The highest BCUT2D eigenvalue weighted by Gasteiger charge is 2.40. The van der Waals surface area contributed by atoms with E-state index in [0.29, 0.717) is 30.6 Å². The SMILES string of the molecule is Cc1n[nH]c(=O)c(C(=O)N2CCCC(C)(C(=O)O)C2)c1C. The van der Waals surface area contributed by atoms with Crippen molar-refractivity contribution in [2.45, 2.75) is 33.6 Å². The molecule has 21 heavy (non-hydrogen) atoms. The summed E-state index contributed by atoms with van der Waals surface area (Å²) < 4.78 is 0. The zero-order chi connectivity index (χ0) is 15.8.